The maximum atomic E-state index is 11.1. The predicted molar refractivity (Wildman–Crippen MR) is 73.9 cm³/mol. The van der Waals surface area contributed by atoms with Gasteiger partial charge in [0.05, 0.1) is 5.56 Å². The molecule has 0 N–H and O–H groups in total. The standard InChI is InChI=1S/C15H17N3O2/c1-11-5-6-13(12(8-11)9-19)20-10-15-17-16-14-4-2-3-7-18(14)15/h5-6,8-9H,2-4,7,10H2,1H3. The SMILES string of the molecule is Cc1ccc(OCc2nnc3n2CCCC3)c(C=O)c1. The number of aryl methyl sites for hydroxylation is 2. The maximum absolute atomic E-state index is 11.1. The minimum absolute atomic E-state index is 0.344. The van der Waals surface area contributed by atoms with Crippen molar-refractivity contribution < 1.29 is 9.53 Å². The second-order valence-electron chi connectivity index (χ2n) is 5.09. The second kappa shape index (κ2) is 5.45. The number of nitrogens with zero attached hydrogens (tertiary/aromatic N) is 3. The smallest absolute Gasteiger partial charge is 0.171 e. The molecule has 20 heavy (non-hydrogen) atoms. The Morgan fingerprint density at radius 1 is 1.35 bits per heavy atom. The molecule has 1 aromatic heterocycles. The molecule has 0 fully saturated rings. The fraction of sp³-hybridized carbons (Fsp3) is 0.400. The van der Waals surface area contributed by atoms with Crippen LogP contribution in [0.5, 0.6) is 5.75 Å². The summed E-state index contributed by atoms with van der Waals surface area (Å²) >= 11 is 0. The van der Waals surface area contributed by atoms with Crippen LogP contribution < -0.4 is 4.74 Å². The van der Waals surface area contributed by atoms with Crippen molar-refractivity contribution in [3.8, 4) is 5.75 Å². The Morgan fingerprint density at radius 3 is 3.10 bits per heavy atom. The largest absolute Gasteiger partial charge is 0.485 e. The molecule has 104 valence electrons. The quantitative estimate of drug-likeness (QED) is 0.801. The molecule has 0 saturated carbocycles. The van der Waals surface area contributed by atoms with Crippen molar-refractivity contribution in [2.45, 2.75) is 39.3 Å². The van der Waals surface area contributed by atoms with Crippen molar-refractivity contribution in [3.05, 3.63) is 41.0 Å². The van der Waals surface area contributed by atoms with Gasteiger partial charge in [-0.15, -0.1) is 10.2 Å². The monoisotopic (exact) mass is 271 g/mol. The zero-order valence-electron chi connectivity index (χ0n) is 11.5. The Morgan fingerprint density at radius 2 is 2.25 bits per heavy atom. The molecule has 0 atom stereocenters. The van der Waals surface area contributed by atoms with E-state index in [0.29, 0.717) is 17.9 Å². The number of ether oxygens (including phenoxy) is 1. The average Bonchev–Trinajstić information content (AvgIpc) is 2.89. The third-order valence-electron chi connectivity index (χ3n) is 3.59. The molecule has 0 radical (unpaired) electrons. The summed E-state index contributed by atoms with van der Waals surface area (Å²) in [6, 6.07) is 5.58. The molecular weight excluding hydrogens is 254 g/mol. The molecule has 0 amide bonds. The molecule has 0 bridgehead atoms. The zero-order chi connectivity index (χ0) is 13.9. The first kappa shape index (κ1) is 12.8. The fourth-order valence-corrected chi connectivity index (χ4v) is 2.51. The Hall–Kier alpha value is -2.17. The molecule has 2 aromatic rings. The lowest BCUT2D eigenvalue weighted by atomic mass is 10.1. The summed E-state index contributed by atoms with van der Waals surface area (Å²) in [5, 5.41) is 8.37. The van der Waals surface area contributed by atoms with Crippen LogP contribution in [0.2, 0.25) is 0 Å². The minimum Gasteiger partial charge on any atom is -0.485 e. The number of aromatic nitrogens is 3. The van der Waals surface area contributed by atoms with E-state index in [1.54, 1.807) is 0 Å². The Labute approximate surface area is 117 Å². The van der Waals surface area contributed by atoms with E-state index in [-0.39, 0.29) is 0 Å². The number of hydrogen-bond donors (Lipinski definition) is 0. The van der Waals surface area contributed by atoms with Gasteiger partial charge in [-0.3, -0.25) is 4.79 Å². The van der Waals surface area contributed by atoms with Gasteiger partial charge in [-0.2, -0.15) is 0 Å². The Balaban J connectivity index is 1.77. The number of rotatable bonds is 4. The van der Waals surface area contributed by atoms with Crippen molar-refractivity contribution >= 4 is 6.29 Å². The topological polar surface area (TPSA) is 57.0 Å². The number of carbonyl (C=O) groups excluding carboxylic acids is 1. The highest BCUT2D eigenvalue weighted by atomic mass is 16.5. The van der Waals surface area contributed by atoms with Crippen LogP contribution in [-0.4, -0.2) is 21.1 Å². The summed E-state index contributed by atoms with van der Waals surface area (Å²) in [5.41, 5.74) is 1.61. The van der Waals surface area contributed by atoms with Gasteiger partial charge in [-0.25, -0.2) is 0 Å². The lowest BCUT2D eigenvalue weighted by Gasteiger charge is -2.15. The van der Waals surface area contributed by atoms with Crippen molar-refractivity contribution in [1.29, 1.82) is 0 Å². The van der Waals surface area contributed by atoms with Gasteiger partial charge in [0.2, 0.25) is 0 Å². The summed E-state index contributed by atoms with van der Waals surface area (Å²) in [6.07, 6.45) is 4.13. The van der Waals surface area contributed by atoms with E-state index in [0.717, 1.165) is 42.9 Å². The molecule has 5 heteroatoms. The van der Waals surface area contributed by atoms with Crippen LogP contribution in [0.4, 0.5) is 0 Å². The molecule has 5 nitrogen and oxygen atoms in total. The molecule has 0 unspecified atom stereocenters. The summed E-state index contributed by atoms with van der Waals surface area (Å²) < 4.78 is 7.86. The third kappa shape index (κ3) is 2.43. The average molecular weight is 271 g/mol. The molecule has 0 saturated heterocycles. The van der Waals surface area contributed by atoms with Crippen LogP contribution in [0, 0.1) is 6.92 Å². The summed E-state index contributed by atoms with van der Waals surface area (Å²) in [4.78, 5) is 11.1. The molecular formula is C15H17N3O2. The van der Waals surface area contributed by atoms with Gasteiger partial charge < -0.3 is 9.30 Å². The van der Waals surface area contributed by atoms with E-state index in [4.69, 9.17) is 4.74 Å². The summed E-state index contributed by atoms with van der Waals surface area (Å²) in [5.74, 6) is 2.46. The lowest BCUT2D eigenvalue weighted by Crippen LogP contribution is -2.14. The molecule has 1 aromatic carbocycles. The normalized spacial score (nSPS) is 13.8. The first-order chi connectivity index (χ1) is 9.78. The number of benzene rings is 1. The molecule has 1 aliphatic rings. The van der Waals surface area contributed by atoms with Crippen LogP contribution >= 0.6 is 0 Å². The van der Waals surface area contributed by atoms with Crippen molar-refractivity contribution in [2.75, 3.05) is 0 Å². The van der Waals surface area contributed by atoms with Crippen molar-refractivity contribution in [1.82, 2.24) is 14.8 Å². The van der Waals surface area contributed by atoms with E-state index >= 15 is 0 Å². The number of carbonyl (C=O) groups is 1. The van der Waals surface area contributed by atoms with Gasteiger partial charge >= 0.3 is 0 Å². The minimum atomic E-state index is 0.344. The van der Waals surface area contributed by atoms with Crippen LogP contribution in [-0.2, 0) is 19.6 Å². The molecule has 3 rings (SSSR count). The van der Waals surface area contributed by atoms with E-state index < -0.39 is 0 Å². The number of aldehydes is 1. The maximum Gasteiger partial charge on any atom is 0.171 e. The first-order valence-corrected chi connectivity index (χ1v) is 6.87. The van der Waals surface area contributed by atoms with Crippen LogP contribution in [0.15, 0.2) is 18.2 Å². The molecule has 1 aliphatic heterocycles. The van der Waals surface area contributed by atoms with Gasteiger partial charge in [0.15, 0.2) is 12.1 Å². The third-order valence-corrected chi connectivity index (χ3v) is 3.59. The highest BCUT2D eigenvalue weighted by Gasteiger charge is 2.16. The van der Waals surface area contributed by atoms with Gasteiger partial charge in [-0.1, -0.05) is 11.6 Å². The van der Waals surface area contributed by atoms with Gasteiger partial charge in [-0.05, 0) is 31.9 Å². The Bertz CT molecular complexity index is 634. The second-order valence-corrected chi connectivity index (χ2v) is 5.09. The highest BCUT2D eigenvalue weighted by molar-refractivity contribution is 5.79. The van der Waals surface area contributed by atoms with Gasteiger partial charge in [0, 0.05) is 13.0 Å². The zero-order valence-corrected chi connectivity index (χ0v) is 11.5. The predicted octanol–water partition coefficient (Wildman–Crippen LogP) is 2.31. The van der Waals surface area contributed by atoms with Gasteiger partial charge in [0.1, 0.15) is 18.2 Å². The number of hydrogen-bond acceptors (Lipinski definition) is 4. The molecule has 2 heterocycles. The van der Waals surface area contributed by atoms with E-state index in [2.05, 4.69) is 14.8 Å². The van der Waals surface area contributed by atoms with E-state index in [9.17, 15) is 4.79 Å². The van der Waals surface area contributed by atoms with Crippen LogP contribution in [0.3, 0.4) is 0 Å². The van der Waals surface area contributed by atoms with Crippen LogP contribution in [0.1, 0.15) is 40.4 Å². The first-order valence-electron chi connectivity index (χ1n) is 6.87. The number of fused-ring (bicyclic) bond motifs is 1. The van der Waals surface area contributed by atoms with Gasteiger partial charge in [0.25, 0.3) is 0 Å². The highest BCUT2D eigenvalue weighted by Crippen LogP contribution is 2.20. The van der Waals surface area contributed by atoms with E-state index in [1.165, 1.54) is 6.42 Å². The summed E-state index contributed by atoms with van der Waals surface area (Å²) in [7, 11) is 0. The summed E-state index contributed by atoms with van der Waals surface area (Å²) in [6.45, 7) is 3.25. The van der Waals surface area contributed by atoms with E-state index in [1.807, 2.05) is 25.1 Å². The molecule has 0 aliphatic carbocycles. The van der Waals surface area contributed by atoms with Crippen molar-refractivity contribution in [3.63, 3.8) is 0 Å². The van der Waals surface area contributed by atoms with Crippen LogP contribution in [0.25, 0.3) is 0 Å². The Kier molecular flexibility index (Phi) is 3.50. The molecule has 0 spiro atoms. The van der Waals surface area contributed by atoms with Crippen molar-refractivity contribution in [2.24, 2.45) is 0 Å². The fourth-order valence-electron chi connectivity index (χ4n) is 2.51. The lowest BCUT2D eigenvalue weighted by molar-refractivity contribution is 0.111.